The largest absolute Gasteiger partial charge is 0.481 e. The number of carbonyl (C=O) groups excluding carboxylic acids is 4. The van der Waals surface area contributed by atoms with Crippen molar-refractivity contribution in [2.75, 3.05) is 0 Å². The summed E-state index contributed by atoms with van der Waals surface area (Å²) in [6.07, 6.45) is -1.83. The van der Waals surface area contributed by atoms with Gasteiger partial charge in [0, 0.05) is 24.0 Å². The zero-order chi connectivity index (χ0) is 30.9. The van der Waals surface area contributed by atoms with E-state index in [0.717, 1.165) is 10.8 Å². The van der Waals surface area contributed by atoms with Crippen molar-refractivity contribution in [1.82, 2.24) is 10.6 Å². The number of amides is 2. The van der Waals surface area contributed by atoms with E-state index in [1.54, 1.807) is 72.8 Å². The predicted octanol–water partition coefficient (Wildman–Crippen LogP) is 3.69. The molecule has 0 aliphatic carbocycles. The van der Waals surface area contributed by atoms with Crippen molar-refractivity contribution in [3.63, 3.8) is 0 Å². The monoisotopic (exact) mass is 584 g/mol. The molecule has 2 atom stereocenters. The maximum absolute atomic E-state index is 13.2. The van der Waals surface area contributed by atoms with Crippen molar-refractivity contribution in [2.24, 2.45) is 0 Å². The third kappa shape index (κ3) is 7.79. The highest BCUT2D eigenvalue weighted by atomic mass is 16.6. The van der Waals surface area contributed by atoms with Crippen LogP contribution in [0.15, 0.2) is 84.9 Å². The molecule has 11 heteroatoms. The molecule has 0 saturated carbocycles. The third-order valence-electron chi connectivity index (χ3n) is 6.74. The molecule has 0 bridgehead atoms. The van der Waals surface area contributed by atoms with Crippen LogP contribution in [0.3, 0.4) is 0 Å². The fourth-order valence-corrected chi connectivity index (χ4v) is 4.59. The number of carboxylic acid groups (broad SMARTS) is 2. The van der Waals surface area contributed by atoms with Crippen LogP contribution in [0.4, 0.5) is 0 Å². The highest BCUT2D eigenvalue weighted by molar-refractivity contribution is 6.09. The number of ether oxygens (including phenoxy) is 1. The van der Waals surface area contributed by atoms with E-state index >= 15 is 0 Å². The number of carbonyl (C=O) groups is 6. The molecule has 4 rings (SSSR count). The number of nitrogens with one attached hydrogen (secondary N) is 2. The summed E-state index contributed by atoms with van der Waals surface area (Å²) >= 11 is 0. The Morgan fingerprint density at radius 1 is 0.558 bits per heavy atom. The average molecular weight is 585 g/mol. The van der Waals surface area contributed by atoms with Gasteiger partial charge in [-0.05, 0) is 46.5 Å². The predicted molar refractivity (Wildman–Crippen MR) is 155 cm³/mol. The van der Waals surface area contributed by atoms with Crippen molar-refractivity contribution < 1.29 is 43.7 Å². The second kappa shape index (κ2) is 13.9. The Balaban J connectivity index is 1.53. The second-order valence-corrected chi connectivity index (χ2v) is 9.71. The van der Waals surface area contributed by atoms with E-state index in [2.05, 4.69) is 10.6 Å². The lowest BCUT2D eigenvalue weighted by atomic mass is 10.0. The zero-order valence-electron chi connectivity index (χ0n) is 22.8. The Kier molecular flexibility index (Phi) is 9.79. The number of hydrogen-bond acceptors (Lipinski definition) is 7. The number of benzene rings is 4. The van der Waals surface area contributed by atoms with Gasteiger partial charge in [0.15, 0.2) is 0 Å². The van der Waals surface area contributed by atoms with Crippen molar-refractivity contribution in [3.8, 4) is 0 Å². The summed E-state index contributed by atoms with van der Waals surface area (Å²) in [4.78, 5) is 75.0. The molecule has 0 spiro atoms. The summed E-state index contributed by atoms with van der Waals surface area (Å²) in [7, 11) is 0. The number of carboxylic acids is 2. The quantitative estimate of drug-likeness (QED) is 0.143. The van der Waals surface area contributed by atoms with Crippen LogP contribution in [0.1, 0.15) is 46.4 Å². The maximum atomic E-state index is 13.2. The summed E-state index contributed by atoms with van der Waals surface area (Å²) < 4.78 is 4.99. The second-order valence-electron chi connectivity index (χ2n) is 9.71. The van der Waals surface area contributed by atoms with E-state index < -0.39 is 60.6 Å². The van der Waals surface area contributed by atoms with E-state index in [1.165, 1.54) is 12.1 Å². The van der Waals surface area contributed by atoms with Crippen LogP contribution < -0.4 is 10.6 Å². The third-order valence-corrected chi connectivity index (χ3v) is 6.74. The van der Waals surface area contributed by atoms with Gasteiger partial charge < -0.3 is 25.6 Å². The van der Waals surface area contributed by atoms with Gasteiger partial charge in [0.2, 0.25) is 0 Å². The fourth-order valence-electron chi connectivity index (χ4n) is 4.59. The molecule has 0 fully saturated rings. The van der Waals surface area contributed by atoms with Crippen molar-refractivity contribution in [2.45, 2.75) is 37.8 Å². The maximum Gasteiger partial charge on any atom is 0.336 e. The SMILES string of the molecule is O=C(O)CC[C@H](NC(=O)c1cccc2ccccc12)C(=O)OC(=O)[C@H](CCC(=O)O)NC(=O)c1cccc2ccccc12. The van der Waals surface area contributed by atoms with Crippen LogP contribution in [0, 0.1) is 0 Å². The summed E-state index contributed by atoms with van der Waals surface area (Å²) in [5, 5.41) is 26.0. The lowest BCUT2D eigenvalue weighted by Crippen LogP contribution is -2.47. The van der Waals surface area contributed by atoms with Gasteiger partial charge in [-0.2, -0.15) is 0 Å². The summed E-state index contributed by atoms with van der Waals surface area (Å²) in [5.74, 6) is -6.37. The number of aliphatic carboxylic acids is 2. The molecule has 0 saturated heterocycles. The lowest BCUT2D eigenvalue weighted by molar-refractivity contribution is -0.162. The van der Waals surface area contributed by atoms with Gasteiger partial charge in [-0.1, -0.05) is 72.8 Å². The number of hydrogen-bond donors (Lipinski definition) is 4. The van der Waals surface area contributed by atoms with Crippen LogP contribution in [-0.2, 0) is 23.9 Å². The number of esters is 2. The van der Waals surface area contributed by atoms with Gasteiger partial charge in [-0.25, -0.2) is 9.59 Å². The Morgan fingerprint density at radius 2 is 0.930 bits per heavy atom. The topological polar surface area (TPSA) is 176 Å². The molecule has 0 heterocycles. The molecule has 4 aromatic rings. The minimum atomic E-state index is -1.53. The fraction of sp³-hybridized carbons (Fsp3) is 0.188. The molecule has 0 aliphatic rings. The minimum absolute atomic E-state index is 0.222. The Bertz CT molecular complexity index is 1580. The molecule has 0 aliphatic heterocycles. The average Bonchev–Trinajstić information content (AvgIpc) is 3.00. The van der Waals surface area contributed by atoms with E-state index in [9.17, 15) is 39.0 Å². The molecule has 220 valence electrons. The van der Waals surface area contributed by atoms with E-state index in [4.69, 9.17) is 4.74 Å². The van der Waals surface area contributed by atoms with Crippen molar-refractivity contribution >= 4 is 57.2 Å². The first-order chi connectivity index (χ1) is 20.6. The lowest BCUT2D eigenvalue weighted by Gasteiger charge is -2.20. The van der Waals surface area contributed by atoms with Gasteiger partial charge in [0.05, 0.1) is 0 Å². The standard InChI is InChI=1S/C32H28N2O9/c35-27(36)17-15-25(33-29(39)23-13-5-9-19-7-1-3-11-21(19)23)31(41)43-32(42)26(16-18-28(37)38)34-30(40)24-14-6-10-20-8-2-4-12-22(20)24/h1-14,25-26H,15-18H2,(H,33,39)(H,34,40)(H,35,36)(H,37,38)/t25-,26-/m0/s1. The molecule has 4 N–H and O–H groups in total. The highest BCUT2D eigenvalue weighted by Gasteiger charge is 2.31. The van der Waals surface area contributed by atoms with Crippen LogP contribution >= 0.6 is 0 Å². The smallest absolute Gasteiger partial charge is 0.336 e. The van der Waals surface area contributed by atoms with E-state index in [-0.39, 0.29) is 24.0 Å². The molecular weight excluding hydrogens is 556 g/mol. The summed E-state index contributed by atoms with van der Waals surface area (Å²) in [5.41, 5.74) is 0.443. The molecule has 11 nitrogen and oxygen atoms in total. The minimum Gasteiger partial charge on any atom is -0.481 e. The first kappa shape index (κ1) is 30.4. The van der Waals surface area contributed by atoms with Gasteiger partial charge in [-0.3, -0.25) is 19.2 Å². The van der Waals surface area contributed by atoms with Crippen LogP contribution in [0.2, 0.25) is 0 Å². The van der Waals surface area contributed by atoms with E-state index in [0.29, 0.717) is 10.8 Å². The molecular formula is C32H28N2O9. The van der Waals surface area contributed by atoms with Gasteiger partial charge in [0.25, 0.3) is 11.8 Å². The normalized spacial score (nSPS) is 12.2. The van der Waals surface area contributed by atoms with Gasteiger partial charge >= 0.3 is 23.9 Å². The molecule has 0 aromatic heterocycles. The molecule has 4 aromatic carbocycles. The first-order valence-electron chi connectivity index (χ1n) is 13.4. The van der Waals surface area contributed by atoms with E-state index in [1.807, 2.05) is 0 Å². The number of fused-ring (bicyclic) bond motifs is 2. The Labute approximate surface area is 245 Å². The van der Waals surface area contributed by atoms with Crippen LogP contribution in [-0.4, -0.2) is 58.0 Å². The van der Waals surface area contributed by atoms with Crippen molar-refractivity contribution in [1.29, 1.82) is 0 Å². The summed E-state index contributed by atoms with van der Waals surface area (Å²) in [6.45, 7) is 0. The Morgan fingerprint density at radius 3 is 1.33 bits per heavy atom. The van der Waals surface area contributed by atoms with Gasteiger partial charge in [0.1, 0.15) is 12.1 Å². The Hall–Kier alpha value is -5.58. The van der Waals surface area contributed by atoms with Crippen molar-refractivity contribution in [3.05, 3.63) is 96.1 Å². The van der Waals surface area contributed by atoms with Gasteiger partial charge in [-0.15, -0.1) is 0 Å². The zero-order valence-corrected chi connectivity index (χ0v) is 22.8. The summed E-state index contributed by atoms with van der Waals surface area (Å²) in [6, 6.07) is 21.0. The molecule has 43 heavy (non-hydrogen) atoms. The van der Waals surface area contributed by atoms with Crippen LogP contribution in [0.5, 0.6) is 0 Å². The molecule has 0 unspecified atom stereocenters. The highest BCUT2D eigenvalue weighted by Crippen LogP contribution is 2.20. The molecule has 0 radical (unpaired) electrons. The van der Waals surface area contributed by atoms with Crippen LogP contribution in [0.25, 0.3) is 21.5 Å². The first-order valence-corrected chi connectivity index (χ1v) is 13.4. The molecule has 2 amide bonds. The number of rotatable bonds is 12.